The van der Waals surface area contributed by atoms with Crippen molar-refractivity contribution in [2.75, 3.05) is 7.05 Å². The molecule has 0 spiro atoms. The number of carboxylic acid groups (broad SMARTS) is 1. The van der Waals surface area contributed by atoms with Crippen LogP contribution in [-0.4, -0.2) is 24.0 Å². The van der Waals surface area contributed by atoms with Crippen LogP contribution < -0.4 is 5.32 Å². The van der Waals surface area contributed by atoms with E-state index in [1.807, 2.05) is 0 Å². The van der Waals surface area contributed by atoms with E-state index in [0.29, 0.717) is 10.6 Å². The van der Waals surface area contributed by atoms with Gasteiger partial charge in [0.15, 0.2) is 0 Å². The zero-order valence-electron chi connectivity index (χ0n) is 9.66. The molecule has 0 saturated heterocycles. The highest BCUT2D eigenvalue weighted by atomic mass is 35.5. The summed E-state index contributed by atoms with van der Waals surface area (Å²) >= 11 is 5.82. The number of hydrogen-bond acceptors (Lipinski definition) is 2. The molecular formula is C12H14ClNO3. The molecule has 0 saturated carbocycles. The second-order valence-electron chi connectivity index (χ2n) is 4.02. The first-order chi connectivity index (χ1) is 7.90. The third-order valence-corrected chi connectivity index (χ3v) is 2.88. The third kappa shape index (κ3) is 2.97. The van der Waals surface area contributed by atoms with Gasteiger partial charge in [-0.2, -0.15) is 0 Å². The molecule has 0 bridgehead atoms. The molecule has 1 unspecified atom stereocenters. The van der Waals surface area contributed by atoms with E-state index in [1.54, 1.807) is 24.3 Å². The van der Waals surface area contributed by atoms with Gasteiger partial charge < -0.3 is 10.4 Å². The minimum absolute atomic E-state index is 0.0998. The van der Waals surface area contributed by atoms with Crippen LogP contribution in [0.25, 0.3) is 0 Å². The number of nitrogens with one attached hydrogen (secondary N) is 1. The second kappa shape index (κ2) is 5.19. The van der Waals surface area contributed by atoms with Crippen molar-refractivity contribution in [3.8, 4) is 0 Å². The molecular weight excluding hydrogens is 242 g/mol. The Morgan fingerprint density at radius 2 is 2.12 bits per heavy atom. The molecule has 0 aliphatic rings. The van der Waals surface area contributed by atoms with Gasteiger partial charge in [-0.25, -0.2) is 0 Å². The Bertz CT molecular complexity index is 447. The molecule has 0 heterocycles. The van der Waals surface area contributed by atoms with Crippen LogP contribution in [0.2, 0.25) is 5.02 Å². The number of carbonyl (C=O) groups is 2. The van der Waals surface area contributed by atoms with Crippen LogP contribution in [0.15, 0.2) is 24.3 Å². The van der Waals surface area contributed by atoms with Crippen molar-refractivity contribution < 1.29 is 14.7 Å². The Kier molecular flexibility index (Phi) is 4.12. The highest BCUT2D eigenvalue weighted by Crippen LogP contribution is 2.24. The largest absolute Gasteiger partial charge is 0.480 e. The van der Waals surface area contributed by atoms with Crippen molar-refractivity contribution in [1.82, 2.24) is 5.32 Å². The van der Waals surface area contributed by atoms with Gasteiger partial charge in [-0.05, 0) is 31.0 Å². The van der Waals surface area contributed by atoms with E-state index in [0.717, 1.165) is 0 Å². The Balaban J connectivity index is 3.03. The van der Waals surface area contributed by atoms with Gasteiger partial charge in [0.25, 0.3) is 0 Å². The standard InChI is InChI=1S/C12H14ClNO3/c1-12(11(16)17,10(15)14-2)7-8-4-3-5-9(13)6-8/h3-6H,7H2,1-2H3,(H,14,15)(H,16,17). The van der Waals surface area contributed by atoms with Gasteiger partial charge in [-0.3, -0.25) is 9.59 Å². The molecule has 5 heteroatoms. The fourth-order valence-corrected chi connectivity index (χ4v) is 1.80. The Labute approximate surface area is 105 Å². The lowest BCUT2D eigenvalue weighted by Crippen LogP contribution is -2.44. The molecule has 1 atom stereocenters. The van der Waals surface area contributed by atoms with Gasteiger partial charge >= 0.3 is 5.97 Å². The zero-order valence-corrected chi connectivity index (χ0v) is 10.4. The number of amides is 1. The van der Waals surface area contributed by atoms with Crippen LogP contribution in [0.1, 0.15) is 12.5 Å². The molecule has 2 N–H and O–H groups in total. The van der Waals surface area contributed by atoms with Crippen molar-refractivity contribution in [2.24, 2.45) is 5.41 Å². The average molecular weight is 256 g/mol. The lowest BCUT2D eigenvalue weighted by molar-refractivity contribution is -0.154. The molecule has 4 nitrogen and oxygen atoms in total. The maximum atomic E-state index is 11.6. The summed E-state index contributed by atoms with van der Waals surface area (Å²) in [5.41, 5.74) is -0.773. The molecule has 17 heavy (non-hydrogen) atoms. The van der Waals surface area contributed by atoms with Crippen molar-refractivity contribution in [1.29, 1.82) is 0 Å². The first kappa shape index (κ1) is 13.5. The first-order valence-electron chi connectivity index (χ1n) is 5.10. The molecule has 0 aliphatic carbocycles. The Morgan fingerprint density at radius 1 is 1.47 bits per heavy atom. The minimum Gasteiger partial charge on any atom is -0.480 e. The van der Waals surface area contributed by atoms with E-state index in [2.05, 4.69) is 5.32 Å². The summed E-state index contributed by atoms with van der Waals surface area (Å²) in [7, 11) is 1.42. The van der Waals surface area contributed by atoms with Crippen LogP contribution in [0.3, 0.4) is 0 Å². The lowest BCUT2D eigenvalue weighted by Gasteiger charge is -2.22. The summed E-state index contributed by atoms with van der Waals surface area (Å²) in [6.07, 6.45) is 0.0998. The van der Waals surface area contributed by atoms with Gasteiger partial charge in [0.05, 0.1) is 0 Å². The molecule has 1 aromatic rings. The number of benzene rings is 1. The summed E-state index contributed by atoms with van der Waals surface area (Å²) in [5, 5.41) is 12.1. The normalized spacial score (nSPS) is 13.8. The van der Waals surface area contributed by atoms with Crippen LogP contribution in [-0.2, 0) is 16.0 Å². The average Bonchev–Trinajstić information content (AvgIpc) is 2.27. The Hall–Kier alpha value is -1.55. The maximum absolute atomic E-state index is 11.6. The van der Waals surface area contributed by atoms with Gasteiger partial charge in [0.2, 0.25) is 5.91 Å². The summed E-state index contributed by atoms with van der Waals surface area (Å²) < 4.78 is 0. The third-order valence-electron chi connectivity index (χ3n) is 2.65. The van der Waals surface area contributed by atoms with Crippen LogP contribution in [0, 0.1) is 5.41 Å². The summed E-state index contributed by atoms with van der Waals surface area (Å²) in [6, 6.07) is 6.83. The van der Waals surface area contributed by atoms with Gasteiger partial charge in [0.1, 0.15) is 5.41 Å². The van der Waals surface area contributed by atoms with Gasteiger partial charge in [0, 0.05) is 12.1 Å². The van der Waals surface area contributed by atoms with Crippen molar-refractivity contribution in [3.05, 3.63) is 34.9 Å². The van der Waals surface area contributed by atoms with E-state index in [9.17, 15) is 14.7 Å². The van der Waals surface area contributed by atoms with Crippen LogP contribution >= 0.6 is 11.6 Å². The number of carbonyl (C=O) groups excluding carboxylic acids is 1. The van der Waals surface area contributed by atoms with E-state index >= 15 is 0 Å². The number of rotatable bonds is 4. The molecule has 1 rings (SSSR count). The quantitative estimate of drug-likeness (QED) is 0.805. The molecule has 1 amide bonds. The predicted octanol–water partition coefficient (Wildman–Crippen LogP) is 1.72. The van der Waals surface area contributed by atoms with Crippen LogP contribution in [0.5, 0.6) is 0 Å². The fraction of sp³-hybridized carbons (Fsp3) is 0.333. The van der Waals surface area contributed by atoms with Crippen molar-refractivity contribution >= 4 is 23.5 Å². The monoisotopic (exact) mass is 255 g/mol. The predicted molar refractivity (Wildman–Crippen MR) is 65.0 cm³/mol. The Morgan fingerprint density at radius 3 is 2.59 bits per heavy atom. The molecule has 0 aliphatic heterocycles. The smallest absolute Gasteiger partial charge is 0.319 e. The summed E-state index contributed by atoms with van der Waals surface area (Å²) in [6.45, 7) is 1.40. The summed E-state index contributed by atoms with van der Waals surface area (Å²) in [4.78, 5) is 22.9. The SMILES string of the molecule is CNC(=O)C(C)(Cc1cccc(Cl)c1)C(=O)O. The van der Waals surface area contributed by atoms with Gasteiger partial charge in [-0.15, -0.1) is 0 Å². The number of aliphatic carboxylic acids is 1. The summed E-state index contributed by atoms with van der Waals surface area (Å²) in [5.74, 6) is -1.68. The van der Waals surface area contributed by atoms with E-state index in [4.69, 9.17) is 11.6 Å². The topological polar surface area (TPSA) is 66.4 Å². The fourth-order valence-electron chi connectivity index (χ4n) is 1.58. The molecule has 0 radical (unpaired) electrons. The van der Waals surface area contributed by atoms with E-state index in [1.165, 1.54) is 14.0 Å². The van der Waals surface area contributed by atoms with Crippen LogP contribution in [0.4, 0.5) is 0 Å². The maximum Gasteiger partial charge on any atom is 0.319 e. The van der Waals surface area contributed by atoms with E-state index < -0.39 is 17.3 Å². The molecule has 92 valence electrons. The lowest BCUT2D eigenvalue weighted by atomic mass is 9.83. The second-order valence-corrected chi connectivity index (χ2v) is 4.46. The highest BCUT2D eigenvalue weighted by molar-refractivity contribution is 6.30. The minimum atomic E-state index is -1.49. The van der Waals surface area contributed by atoms with Crippen molar-refractivity contribution in [2.45, 2.75) is 13.3 Å². The molecule has 0 aromatic heterocycles. The molecule has 1 aromatic carbocycles. The number of halogens is 1. The number of carboxylic acids is 1. The zero-order chi connectivity index (χ0) is 13.1. The number of hydrogen-bond donors (Lipinski definition) is 2. The molecule has 0 fully saturated rings. The first-order valence-corrected chi connectivity index (χ1v) is 5.48. The van der Waals surface area contributed by atoms with Gasteiger partial charge in [-0.1, -0.05) is 23.7 Å². The van der Waals surface area contributed by atoms with Crippen molar-refractivity contribution in [3.63, 3.8) is 0 Å². The van der Waals surface area contributed by atoms with E-state index in [-0.39, 0.29) is 6.42 Å². The highest BCUT2D eigenvalue weighted by Gasteiger charge is 2.40.